The van der Waals surface area contributed by atoms with Crippen molar-refractivity contribution in [3.63, 3.8) is 0 Å². The average molecular weight is 456 g/mol. The molecule has 0 saturated carbocycles. The van der Waals surface area contributed by atoms with Gasteiger partial charge in [0.25, 0.3) is 0 Å². The summed E-state index contributed by atoms with van der Waals surface area (Å²) in [5.74, 6) is -0.134. The van der Waals surface area contributed by atoms with E-state index < -0.39 is 11.8 Å². The number of nitrogens with one attached hydrogen (secondary N) is 2. The highest BCUT2D eigenvalue weighted by molar-refractivity contribution is 6.00. The minimum atomic E-state index is -0.537. The maximum atomic E-state index is 13.9. The second-order valence-electron chi connectivity index (χ2n) is 7.84. The molecular formula is C24H21FN8O. The number of aromatic nitrogens is 5. The third-order valence-corrected chi connectivity index (χ3v) is 5.39. The van der Waals surface area contributed by atoms with Crippen LogP contribution in [0.3, 0.4) is 0 Å². The second kappa shape index (κ2) is 8.66. The minimum absolute atomic E-state index is 0.119. The Morgan fingerprint density at radius 2 is 1.97 bits per heavy atom. The first kappa shape index (κ1) is 21.1. The monoisotopic (exact) mass is 456 g/mol. The molecule has 0 aliphatic heterocycles. The van der Waals surface area contributed by atoms with Crippen LogP contribution >= 0.6 is 0 Å². The number of rotatable bonds is 5. The van der Waals surface area contributed by atoms with E-state index in [0.717, 1.165) is 22.3 Å². The van der Waals surface area contributed by atoms with Gasteiger partial charge in [-0.15, -0.1) is 0 Å². The summed E-state index contributed by atoms with van der Waals surface area (Å²) in [5, 5.41) is 9.56. The molecule has 4 N–H and O–H groups in total. The number of benzene rings is 2. The predicted molar refractivity (Wildman–Crippen MR) is 128 cm³/mol. The van der Waals surface area contributed by atoms with Gasteiger partial charge in [0.1, 0.15) is 17.7 Å². The lowest BCUT2D eigenvalue weighted by atomic mass is 10.0. The molecule has 0 aliphatic carbocycles. The van der Waals surface area contributed by atoms with Gasteiger partial charge in [-0.25, -0.2) is 23.7 Å². The van der Waals surface area contributed by atoms with Gasteiger partial charge in [0.05, 0.1) is 18.6 Å². The molecule has 5 rings (SSSR count). The number of urea groups is 1. The first-order valence-electron chi connectivity index (χ1n) is 10.5. The van der Waals surface area contributed by atoms with Gasteiger partial charge in [-0.05, 0) is 42.3 Å². The average Bonchev–Trinajstić information content (AvgIpc) is 3.45. The Labute approximate surface area is 194 Å². The van der Waals surface area contributed by atoms with Crippen LogP contribution in [0, 0.1) is 12.7 Å². The van der Waals surface area contributed by atoms with Crippen molar-refractivity contribution >= 4 is 28.7 Å². The standard InChI is InChI=1S/C24H21FN8O/c1-15-2-7-19(25)20(10-15)31-24(34)30-18-5-3-16(4-6-18)21-17(11-32-9-8-27-14-32)12-33-22(21)23(26)28-13-29-33/h2-10,12-14H,11H2,1H3,(H2,26,28,29)(H2,30,31,34). The quantitative estimate of drug-likeness (QED) is 0.364. The topological polar surface area (TPSA) is 115 Å². The molecule has 9 nitrogen and oxygen atoms in total. The third-order valence-electron chi connectivity index (χ3n) is 5.39. The molecule has 0 radical (unpaired) electrons. The maximum Gasteiger partial charge on any atom is 0.323 e. The van der Waals surface area contributed by atoms with E-state index in [1.807, 2.05) is 36.0 Å². The second-order valence-corrected chi connectivity index (χ2v) is 7.84. The summed E-state index contributed by atoms with van der Waals surface area (Å²) in [6, 6.07) is 11.3. The summed E-state index contributed by atoms with van der Waals surface area (Å²) < 4.78 is 17.6. The Kier molecular flexibility index (Phi) is 5.38. The number of amides is 2. The van der Waals surface area contributed by atoms with Crippen LogP contribution < -0.4 is 16.4 Å². The van der Waals surface area contributed by atoms with Crippen LogP contribution in [0.25, 0.3) is 16.6 Å². The molecule has 5 aromatic rings. The zero-order chi connectivity index (χ0) is 23.7. The molecule has 0 saturated heterocycles. The molecule has 34 heavy (non-hydrogen) atoms. The van der Waals surface area contributed by atoms with E-state index in [1.165, 1.54) is 12.4 Å². The van der Waals surface area contributed by atoms with Crippen LogP contribution in [-0.4, -0.2) is 30.2 Å². The number of carbonyl (C=O) groups is 1. The number of halogens is 1. The molecule has 0 aliphatic rings. The van der Waals surface area contributed by atoms with Crippen molar-refractivity contribution in [1.82, 2.24) is 24.1 Å². The predicted octanol–water partition coefficient (Wildman–Crippen LogP) is 4.31. The fourth-order valence-corrected chi connectivity index (χ4v) is 3.84. The molecule has 0 bridgehead atoms. The van der Waals surface area contributed by atoms with E-state index in [0.29, 0.717) is 23.6 Å². The van der Waals surface area contributed by atoms with Crippen molar-refractivity contribution in [2.75, 3.05) is 16.4 Å². The lowest BCUT2D eigenvalue weighted by Gasteiger charge is -2.11. The van der Waals surface area contributed by atoms with E-state index >= 15 is 0 Å². The smallest absolute Gasteiger partial charge is 0.323 e. The number of carbonyl (C=O) groups excluding carboxylic acids is 1. The first-order chi connectivity index (χ1) is 16.5. The molecule has 0 unspecified atom stereocenters. The number of aryl methyl sites for hydroxylation is 1. The van der Waals surface area contributed by atoms with Crippen LogP contribution in [-0.2, 0) is 6.54 Å². The molecule has 3 heterocycles. The summed E-state index contributed by atoms with van der Waals surface area (Å²) in [5.41, 5.74) is 11.2. The lowest BCUT2D eigenvalue weighted by molar-refractivity contribution is 0.262. The number of nitrogen functional groups attached to an aromatic ring is 1. The molecule has 2 amide bonds. The normalized spacial score (nSPS) is 11.0. The van der Waals surface area contributed by atoms with E-state index in [4.69, 9.17) is 5.73 Å². The largest absolute Gasteiger partial charge is 0.382 e. The molecular weight excluding hydrogens is 435 g/mol. The Bertz CT molecular complexity index is 1480. The van der Waals surface area contributed by atoms with Crippen molar-refractivity contribution < 1.29 is 9.18 Å². The highest BCUT2D eigenvalue weighted by Gasteiger charge is 2.17. The summed E-state index contributed by atoms with van der Waals surface area (Å²) in [7, 11) is 0. The summed E-state index contributed by atoms with van der Waals surface area (Å²) in [6.07, 6.45) is 8.67. The Morgan fingerprint density at radius 1 is 1.15 bits per heavy atom. The van der Waals surface area contributed by atoms with Gasteiger partial charge in [-0.1, -0.05) is 18.2 Å². The first-order valence-corrected chi connectivity index (χ1v) is 10.5. The fraction of sp³-hybridized carbons (Fsp3) is 0.0833. The fourth-order valence-electron chi connectivity index (χ4n) is 3.84. The number of hydrogen-bond acceptors (Lipinski definition) is 5. The highest BCUT2D eigenvalue weighted by atomic mass is 19.1. The van der Waals surface area contributed by atoms with Gasteiger partial charge < -0.3 is 20.9 Å². The molecule has 0 fully saturated rings. The minimum Gasteiger partial charge on any atom is -0.382 e. The van der Waals surface area contributed by atoms with Crippen molar-refractivity contribution in [2.45, 2.75) is 13.5 Å². The molecule has 10 heteroatoms. The third kappa shape index (κ3) is 4.16. The van der Waals surface area contributed by atoms with E-state index in [-0.39, 0.29) is 5.69 Å². The van der Waals surface area contributed by atoms with Gasteiger partial charge in [0.15, 0.2) is 5.82 Å². The van der Waals surface area contributed by atoms with Crippen LogP contribution in [0.2, 0.25) is 0 Å². The number of nitrogens with two attached hydrogens (primary N) is 1. The van der Waals surface area contributed by atoms with Crippen LogP contribution in [0.5, 0.6) is 0 Å². The van der Waals surface area contributed by atoms with E-state index in [9.17, 15) is 9.18 Å². The zero-order valence-electron chi connectivity index (χ0n) is 18.2. The molecule has 170 valence electrons. The maximum absolute atomic E-state index is 13.9. The van der Waals surface area contributed by atoms with Crippen molar-refractivity contribution in [1.29, 1.82) is 0 Å². The van der Waals surface area contributed by atoms with Gasteiger partial charge in [-0.3, -0.25) is 0 Å². The van der Waals surface area contributed by atoms with Gasteiger partial charge >= 0.3 is 6.03 Å². The lowest BCUT2D eigenvalue weighted by Crippen LogP contribution is -2.20. The summed E-state index contributed by atoms with van der Waals surface area (Å²) in [6.45, 7) is 2.40. The van der Waals surface area contributed by atoms with Gasteiger partial charge in [-0.2, -0.15) is 5.10 Å². The van der Waals surface area contributed by atoms with Crippen LogP contribution in [0.4, 0.5) is 26.4 Å². The highest BCUT2D eigenvalue weighted by Crippen LogP contribution is 2.33. The van der Waals surface area contributed by atoms with Crippen molar-refractivity contribution in [3.8, 4) is 11.1 Å². The molecule has 3 aromatic heterocycles. The summed E-state index contributed by atoms with van der Waals surface area (Å²) >= 11 is 0. The summed E-state index contributed by atoms with van der Waals surface area (Å²) in [4.78, 5) is 20.6. The Morgan fingerprint density at radius 3 is 2.74 bits per heavy atom. The number of imidazole rings is 1. The van der Waals surface area contributed by atoms with Crippen molar-refractivity contribution in [3.05, 3.63) is 90.7 Å². The Balaban J connectivity index is 1.42. The SMILES string of the molecule is Cc1ccc(F)c(NC(=O)Nc2ccc(-c3c(Cn4ccnc4)cn4ncnc(N)c34)cc2)c1. The van der Waals surface area contributed by atoms with E-state index in [2.05, 4.69) is 25.7 Å². The van der Waals surface area contributed by atoms with Crippen molar-refractivity contribution in [2.24, 2.45) is 0 Å². The van der Waals surface area contributed by atoms with Crippen LogP contribution in [0.1, 0.15) is 11.1 Å². The van der Waals surface area contributed by atoms with E-state index in [1.54, 1.807) is 41.3 Å². The molecule has 0 atom stereocenters. The molecule has 2 aromatic carbocycles. The number of fused-ring (bicyclic) bond motifs is 1. The zero-order valence-corrected chi connectivity index (χ0v) is 18.2. The number of nitrogens with zero attached hydrogens (tertiary/aromatic N) is 5. The number of hydrogen-bond donors (Lipinski definition) is 3. The Hall–Kier alpha value is -4.73. The van der Waals surface area contributed by atoms with Crippen LogP contribution in [0.15, 0.2) is 73.7 Å². The van der Waals surface area contributed by atoms with Gasteiger partial charge in [0.2, 0.25) is 0 Å². The molecule has 0 spiro atoms. The van der Waals surface area contributed by atoms with Gasteiger partial charge in [0, 0.05) is 35.4 Å². The number of anilines is 3.